The number of hydrogen-bond acceptors (Lipinski definition) is 6. The summed E-state index contributed by atoms with van der Waals surface area (Å²) in [5, 5.41) is 22.7. The molecular weight excluding hydrogens is 306 g/mol. The Balaban J connectivity index is 2.07. The predicted octanol–water partition coefficient (Wildman–Crippen LogP) is 2.58. The molecule has 0 aliphatic carbocycles. The second kappa shape index (κ2) is 7.97. The predicted molar refractivity (Wildman–Crippen MR) is 87.1 cm³/mol. The molecule has 0 radical (unpaired) electrons. The number of nitriles is 2. The van der Waals surface area contributed by atoms with Gasteiger partial charge in [0.2, 0.25) is 0 Å². The molecular formula is C17H13N5O2. The lowest BCUT2D eigenvalue weighted by atomic mass is 10.3. The van der Waals surface area contributed by atoms with Crippen LogP contribution in [-0.2, 0) is 0 Å². The van der Waals surface area contributed by atoms with Crippen LogP contribution < -0.4 is 15.4 Å². The number of carbonyl (C=O) groups is 1. The zero-order chi connectivity index (χ0) is 17.4. The molecule has 1 amide bonds. The van der Waals surface area contributed by atoms with Crippen LogP contribution in [0.15, 0.2) is 54.4 Å². The molecule has 1 heterocycles. The Hall–Kier alpha value is -3.84. The van der Waals surface area contributed by atoms with Gasteiger partial charge in [-0.3, -0.25) is 9.78 Å². The van der Waals surface area contributed by atoms with Gasteiger partial charge in [0.15, 0.2) is 0 Å². The van der Waals surface area contributed by atoms with Crippen LogP contribution >= 0.6 is 0 Å². The van der Waals surface area contributed by atoms with Crippen molar-refractivity contribution in [2.24, 2.45) is 0 Å². The average molecular weight is 319 g/mol. The lowest BCUT2D eigenvalue weighted by Crippen LogP contribution is -2.18. The van der Waals surface area contributed by atoms with Crippen molar-refractivity contribution in [1.82, 2.24) is 10.3 Å². The molecule has 1 aromatic carbocycles. The van der Waals surface area contributed by atoms with Crippen LogP contribution in [0, 0.1) is 22.7 Å². The number of anilines is 1. The van der Waals surface area contributed by atoms with E-state index in [1.165, 1.54) is 19.4 Å². The van der Waals surface area contributed by atoms with E-state index in [1.807, 2.05) is 0 Å². The van der Waals surface area contributed by atoms with Gasteiger partial charge in [0.05, 0.1) is 0 Å². The summed E-state index contributed by atoms with van der Waals surface area (Å²) in [5.74, 6) is 0.761. The third kappa shape index (κ3) is 4.33. The number of pyridine rings is 1. The Morgan fingerprint density at radius 1 is 1.17 bits per heavy atom. The maximum absolute atomic E-state index is 11.6. The molecule has 2 rings (SSSR count). The second-order valence-electron chi connectivity index (χ2n) is 4.51. The molecule has 24 heavy (non-hydrogen) atoms. The van der Waals surface area contributed by atoms with Crippen molar-refractivity contribution < 1.29 is 9.53 Å². The van der Waals surface area contributed by atoms with E-state index in [2.05, 4.69) is 15.6 Å². The van der Waals surface area contributed by atoms with Gasteiger partial charge in [-0.1, -0.05) is 0 Å². The normalized spacial score (nSPS) is 9.12. The lowest BCUT2D eigenvalue weighted by Gasteiger charge is -2.08. The summed E-state index contributed by atoms with van der Waals surface area (Å²) in [6.07, 6.45) is 2.82. The van der Waals surface area contributed by atoms with Gasteiger partial charge in [0.25, 0.3) is 5.91 Å². The largest absolute Gasteiger partial charge is 0.457 e. The van der Waals surface area contributed by atoms with E-state index in [1.54, 1.807) is 48.5 Å². The van der Waals surface area contributed by atoms with Gasteiger partial charge in [-0.05, 0) is 30.3 Å². The van der Waals surface area contributed by atoms with Crippen molar-refractivity contribution in [2.45, 2.75) is 0 Å². The van der Waals surface area contributed by atoms with Crippen molar-refractivity contribution in [3.05, 3.63) is 60.1 Å². The number of hydrogen-bond donors (Lipinski definition) is 2. The zero-order valence-electron chi connectivity index (χ0n) is 12.8. The fourth-order valence-corrected chi connectivity index (χ4v) is 1.73. The molecule has 0 fully saturated rings. The summed E-state index contributed by atoms with van der Waals surface area (Å²) in [4.78, 5) is 15.5. The van der Waals surface area contributed by atoms with Crippen molar-refractivity contribution in [3.63, 3.8) is 0 Å². The Morgan fingerprint density at radius 3 is 2.50 bits per heavy atom. The molecule has 2 N–H and O–H groups in total. The van der Waals surface area contributed by atoms with Gasteiger partial charge in [0.1, 0.15) is 34.9 Å². The van der Waals surface area contributed by atoms with Crippen LogP contribution in [0.5, 0.6) is 11.5 Å². The van der Waals surface area contributed by atoms with E-state index >= 15 is 0 Å². The average Bonchev–Trinajstić information content (AvgIpc) is 2.63. The van der Waals surface area contributed by atoms with Crippen LogP contribution in [0.3, 0.4) is 0 Å². The number of rotatable bonds is 5. The molecule has 0 unspecified atom stereocenters. The number of ether oxygens (including phenoxy) is 1. The second-order valence-corrected chi connectivity index (χ2v) is 4.51. The highest BCUT2D eigenvalue weighted by molar-refractivity contribution is 5.92. The van der Waals surface area contributed by atoms with Gasteiger partial charge in [-0.25, -0.2) is 0 Å². The van der Waals surface area contributed by atoms with Crippen molar-refractivity contribution in [2.75, 3.05) is 12.4 Å². The van der Waals surface area contributed by atoms with Crippen molar-refractivity contribution >= 4 is 11.6 Å². The number of carbonyl (C=O) groups excluding carboxylic acids is 1. The van der Waals surface area contributed by atoms with E-state index in [4.69, 9.17) is 15.3 Å². The molecule has 7 nitrogen and oxygen atoms in total. The number of benzene rings is 1. The number of aromatic nitrogens is 1. The third-order valence-electron chi connectivity index (χ3n) is 2.91. The molecule has 2 aromatic rings. The van der Waals surface area contributed by atoms with Crippen LogP contribution in [0.4, 0.5) is 5.69 Å². The Labute approximate surface area is 138 Å². The summed E-state index contributed by atoms with van der Waals surface area (Å²) in [7, 11) is 1.53. The number of amides is 1. The Morgan fingerprint density at radius 2 is 1.88 bits per heavy atom. The molecule has 0 atom stereocenters. The van der Waals surface area contributed by atoms with Gasteiger partial charge >= 0.3 is 0 Å². The highest BCUT2D eigenvalue weighted by Gasteiger charge is 2.06. The first-order valence-corrected chi connectivity index (χ1v) is 6.89. The molecule has 0 aliphatic rings. The van der Waals surface area contributed by atoms with Crippen LogP contribution in [0.25, 0.3) is 0 Å². The summed E-state index contributed by atoms with van der Waals surface area (Å²) in [5.41, 5.74) is 0.943. The Bertz CT molecular complexity index is 829. The van der Waals surface area contributed by atoms with Gasteiger partial charge in [-0.2, -0.15) is 10.5 Å². The van der Waals surface area contributed by atoms with Crippen LogP contribution in [-0.4, -0.2) is 17.9 Å². The lowest BCUT2D eigenvalue weighted by molar-refractivity contribution is 0.0958. The van der Waals surface area contributed by atoms with Gasteiger partial charge < -0.3 is 15.4 Å². The van der Waals surface area contributed by atoms with Crippen molar-refractivity contribution in [3.8, 4) is 23.6 Å². The molecule has 0 aliphatic heterocycles. The first-order valence-electron chi connectivity index (χ1n) is 6.89. The first-order chi connectivity index (χ1) is 11.7. The standard InChI is InChI=1S/C17H13N5O2/c1-20-17(23)16-8-15(6-7-21-16)24-14-4-2-13(3-5-14)22-11-12(9-18)10-19/h2-8,11,22H,1H3,(H,20,23). The molecule has 1 aromatic heterocycles. The summed E-state index contributed by atoms with van der Waals surface area (Å²) < 4.78 is 5.67. The van der Waals surface area contributed by atoms with E-state index in [-0.39, 0.29) is 17.2 Å². The minimum absolute atomic E-state index is 0.0196. The minimum atomic E-state index is -0.294. The fourth-order valence-electron chi connectivity index (χ4n) is 1.73. The topological polar surface area (TPSA) is 111 Å². The van der Waals surface area contributed by atoms with Crippen LogP contribution in [0.2, 0.25) is 0 Å². The minimum Gasteiger partial charge on any atom is -0.457 e. The molecule has 7 heteroatoms. The van der Waals surface area contributed by atoms with Gasteiger partial charge in [0, 0.05) is 31.2 Å². The highest BCUT2D eigenvalue weighted by atomic mass is 16.5. The molecule has 0 saturated carbocycles. The SMILES string of the molecule is CNC(=O)c1cc(Oc2ccc(NC=C(C#N)C#N)cc2)ccn1. The number of allylic oxidation sites excluding steroid dienone is 1. The third-order valence-corrected chi connectivity index (χ3v) is 2.91. The van der Waals surface area contributed by atoms with E-state index in [0.29, 0.717) is 17.2 Å². The summed E-state index contributed by atoms with van der Waals surface area (Å²) in [6, 6.07) is 13.6. The fraction of sp³-hybridized carbons (Fsp3) is 0.0588. The van der Waals surface area contributed by atoms with E-state index in [0.717, 1.165) is 0 Å². The van der Waals surface area contributed by atoms with Crippen LogP contribution in [0.1, 0.15) is 10.5 Å². The first kappa shape index (κ1) is 16.5. The summed E-state index contributed by atoms with van der Waals surface area (Å²) in [6.45, 7) is 0. The van der Waals surface area contributed by atoms with Gasteiger partial charge in [-0.15, -0.1) is 0 Å². The smallest absolute Gasteiger partial charge is 0.269 e. The van der Waals surface area contributed by atoms with E-state index < -0.39 is 0 Å². The molecule has 0 saturated heterocycles. The zero-order valence-corrected chi connectivity index (χ0v) is 12.8. The number of nitrogens with one attached hydrogen (secondary N) is 2. The summed E-state index contributed by atoms with van der Waals surface area (Å²) >= 11 is 0. The number of nitrogens with zero attached hydrogens (tertiary/aromatic N) is 3. The molecule has 0 spiro atoms. The Kier molecular flexibility index (Phi) is 5.49. The van der Waals surface area contributed by atoms with E-state index in [9.17, 15) is 4.79 Å². The van der Waals surface area contributed by atoms with Crippen molar-refractivity contribution in [1.29, 1.82) is 10.5 Å². The molecule has 0 bridgehead atoms. The monoisotopic (exact) mass is 319 g/mol. The molecule has 118 valence electrons. The maximum Gasteiger partial charge on any atom is 0.269 e. The maximum atomic E-state index is 11.6. The quantitative estimate of drug-likeness (QED) is 0.819. The highest BCUT2D eigenvalue weighted by Crippen LogP contribution is 2.23.